The summed E-state index contributed by atoms with van der Waals surface area (Å²) in [6, 6.07) is 0.537. The minimum Gasteiger partial charge on any atom is -0.314 e. The van der Waals surface area contributed by atoms with Gasteiger partial charge in [-0.15, -0.1) is 0 Å². The summed E-state index contributed by atoms with van der Waals surface area (Å²) in [7, 11) is 1.79. The number of nitrogens with zero attached hydrogens (tertiary/aromatic N) is 1. The van der Waals surface area contributed by atoms with E-state index in [1.165, 1.54) is 19.3 Å². The zero-order valence-electron chi connectivity index (χ0n) is 9.68. The van der Waals surface area contributed by atoms with Gasteiger partial charge in [0.05, 0.1) is 6.54 Å². The van der Waals surface area contributed by atoms with Crippen LogP contribution in [0.25, 0.3) is 0 Å². The third-order valence-electron chi connectivity index (χ3n) is 3.12. The van der Waals surface area contributed by atoms with Gasteiger partial charge in [-0.25, -0.2) is 8.78 Å². The average Bonchev–Trinajstić information content (AvgIpc) is 2.52. The SMILES string of the molecule is CCNC1CCCC1CN(C)CC(F)F. The summed E-state index contributed by atoms with van der Waals surface area (Å²) in [5.41, 5.74) is 0. The predicted octanol–water partition coefficient (Wildman–Crippen LogP) is 1.96. The van der Waals surface area contributed by atoms with Crippen molar-refractivity contribution in [3.63, 3.8) is 0 Å². The normalized spacial score (nSPS) is 26.8. The number of halogens is 2. The standard InChI is InChI=1S/C11H22F2N2/c1-3-14-10-6-4-5-9(10)7-15(2)8-11(12)13/h9-11,14H,3-8H2,1-2H3. The molecule has 4 heteroatoms. The van der Waals surface area contributed by atoms with E-state index < -0.39 is 6.43 Å². The molecule has 0 aromatic heterocycles. The smallest absolute Gasteiger partial charge is 0.251 e. The van der Waals surface area contributed by atoms with Crippen LogP contribution in [0.3, 0.4) is 0 Å². The van der Waals surface area contributed by atoms with E-state index in [2.05, 4.69) is 12.2 Å². The molecule has 1 aliphatic rings. The molecule has 1 N–H and O–H groups in total. The lowest BCUT2D eigenvalue weighted by Crippen LogP contribution is -2.39. The van der Waals surface area contributed by atoms with Gasteiger partial charge in [0.1, 0.15) is 0 Å². The first-order valence-corrected chi connectivity index (χ1v) is 5.83. The Hall–Kier alpha value is -0.220. The summed E-state index contributed by atoms with van der Waals surface area (Å²) in [5, 5.41) is 3.44. The molecule has 0 aliphatic heterocycles. The number of hydrogen-bond acceptors (Lipinski definition) is 2. The Balaban J connectivity index is 2.29. The van der Waals surface area contributed by atoms with Gasteiger partial charge in [-0.3, -0.25) is 0 Å². The van der Waals surface area contributed by atoms with Crippen molar-refractivity contribution in [2.75, 3.05) is 26.7 Å². The Morgan fingerprint density at radius 2 is 2.13 bits per heavy atom. The second kappa shape index (κ2) is 6.38. The van der Waals surface area contributed by atoms with E-state index in [0.29, 0.717) is 12.0 Å². The molecule has 90 valence electrons. The fourth-order valence-corrected chi connectivity index (χ4v) is 2.50. The van der Waals surface area contributed by atoms with Crippen molar-refractivity contribution in [1.29, 1.82) is 0 Å². The van der Waals surface area contributed by atoms with Gasteiger partial charge in [0.2, 0.25) is 0 Å². The van der Waals surface area contributed by atoms with E-state index in [9.17, 15) is 8.78 Å². The van der Waals surface area contributed by atoms with Crippen LogP contribution >= 0.6 is 0 Å². The molecule has 2 unspecified atom stereocenters. The molecular formula is C11H22F2N2. The van der Waals surface area contributed by atoms with E-state index in [4.69, 9.17) is 0 Å². The fraction of sp³-hybridized carbons (Fsp3) is 1.00. The molecule has 1 saturated carbocycles. The molecule has 1 rings (SSSR count). The van der Waals surface area contributed by atoms with Gasteiger partial charge < -0.3 is 10.2 Å². The molecule has 0 heterocycles. The van der Waals surface area contributed by atoms with Crippen LogP contribution in [0.4, 0.5) is 8.78 Å². The largest absolute Gasteiger partial charge is 0.314 e. The van der Waals surface area contributed by atoms with Crippen molar-refractivity contribution in [2.45, 2.75) is 38.7 Å². The van der Waals surface area contributed by atoms with Crippen LogP contribution in [0.15, 0.2) is 0 Å². The summed E-state index contributed by atoms with van der Waals surface area (Å²) in [4.78, 5) is 1.75. The molecule has 2 nitrogen and oxygen atoms in total. The molecule has 0 aromatic rings. The van der Waals surface area contributed by atoms with Crippen LogP contribution in [0.5, 0.6) is 0 Å². The molecule has 0 aromatic carbocycles. The zero-order chi connectivity index (χ0) is 11.3. The molecule has 1 fully saturated rings. The molecule has 15 heavy (non-hydrogen) atoms. The van der Waals surface area contributed by atoms with Gasteiger partial charge in [-0.2, -0.15) is 0 Å². The molecule has 0 radical (unpaired) electrons. The monoisotopic (exact) mass is 220 g/mol. The van der Waals surface area contributed by atoms with Crippen LogP contribution < -0.4 is 5.32 Å². The lowest BCUT2D eigenvalue weighted by molar-refractivity contribution is 0.0912. The van der Waals surface area contributed by atoms with Gasteiger partial charge in [0, 0.05) is 12.6 Å². The van der Waals surface area contributed by atoms with Crippen LogP contribution in [-0.4, -0.2) is 44.0 Å². The minimum atomic E-state index is -2.21. The van der Waals surface area contributed by atoms with Gasteiger partial charge >= 0.3 is 0 Å². The first-order chi connectivity index (χ1) is 7.13. The maximum absolute atomic E-state index is 12.1. The third-order valence-corrected chi connectivity index (χ3v) is 3.12. The molecular weight excluding hydrogens is 198 g/mol. The van der Waals surface area contributed by atoms with E-state index in [1.807, 2.05) is 0 Å². The third kappa shape index (κ3) is 4.43. The number of hydrogen-bond donors (Lipinski definition) is 1. The van der Waals surface area contributed by atoms with E-state index in [0.717, 1.165) is 13.1 Å². The average molecular weight is 220 g/mol. The lowest BCUT2D eigenvalue weighted by Gasteiger charge is -2.25. The second-order valence-electron chi connectivity index (χ2n) is 4.47. The van der Waals surface area contributed by atoms with Gasteiger partial charge in [-0.05, 0) is 32.4 Å². The molecule has 0 bridgehead atoms. The van der Waals surface area contributed by atoms with Crippen molar-refractivity contribution < 1.29 is 8.78 Å². The highest BCUT2D eigenvalue weighted by Crippen LogP contribution is 2.26. The van der Waals surface area contributed by atoms with E-state index >= 15 is 0 Å². The first kappa shape index (κ1) is 12.8. The number of nitrogens with one attached hydrogen (secondary N) is 1. The van der Waals surface area contributed by atoms with Crippen molar-refractivity contribution in [3.8, 4) is 0 Å². The van der Waals surface area contributed by atoms with Crippen LogP contribution in [-0.2, 0) is 0 Å². The Morgan fingerprint density at radius 3 is 2.73 bits per heavy atom. The molecule has 2 atom stereocenters. The van der Waals surface area contributed by atoms with Gasteiger partial charge in [0.15, 0.2) is 0 Å². The summed E-state index contributed by atoms with van der Waals surface area (Å²) in [6.07, 6.45) is 1.38. The highest BCUT2D eigenvalue weighted by molar-refractivity contribution is 4.84. The topological polar surface area (TPSA) is 15.3 Å². The Morgan fingerprint density at radius 1 is 1.40 bits per heavy atom. The number of rotatable bonds is 6. The van der Waals surface area contributed by atoms with Gasteiger partial charge in [0.25, 0.3) is 6.43 Å². The van der Waals surface area contributed by atoms with Crippen molar-refractivity contribution in [2.24, 2.45) is 5.92 Å². The molecule has 0 saturated heterocycles. The van der Waals surface area contributed by atoms with Crippen LogP contribution in [0, 0.1) is 5.92 Å². The second-order valence-corrected chi connectivity index (χ2v) is 4.47. The predicted molar refractivity (Wildman–Crippen MR) is 58.3 cm³/mol. The summed E-state index contributed by atoms with van der Waals surface area (Å²) in [6.45, 7) is 3.76. The van der Waals surface area contributed by atoms with Gasteiger partial charge in [-0.1, -0.05) is 13.3 Å². The highest BCUT2D eigenvalue weighted by atomic mass is 19.3. The molecule has 1 aliphatic carbocycles. The fourth-order valence-electron chi connectivity index (χ4n) is 2.50. The Bertz CT molecular complexity index is 176. The zero-order valence-corrected chi connectivity index (χ0v) is 9.68. The maximum atomic E-state index is 12.1. The van der Waals surface area contributed by atoms with Crippen LogP contribution in [0.2, 0.25) is 0 Å². The van der Waals surface area contributed by atoms with Crippen molar-refractivity contribution in [3.05, 3.63) is 0 Å². The minimum absolute atomic E-state index is 0.102. The van der Waals surface area contributed by atoms with E-state index in [1.54, 1.807) is 11.9 Å². The Kier molecular flexibility index (Phi) is 5.47. The summed E-state index contributed by atoms with van der Waals surface area (Å²) < 4.78 is 24.3. The molecule has 0 spiro atoms. The maximum Gasteiger partial charge on any atom is 0.251 e. The van der Waals surface area contributed by atoms with Crippen molar-refractivity contribution >= 4 is 0 Å². The summed E-state index contributed by atoms with van der Waals surface area (Å²) in [5.74, 6) is 0.550. The Labute approximate surface area is 91.0 Å². The quantitative estimate of drug-likeness (QED) is 0.736. The number of alkyl halides is 2. The van der Waals surface area contributed by atoms with E-state index in [-0.39, 0.29) is 6.54 Å². The van der Waals surface area contributed by atoms with Crippen molar-refractivity contribution in [1.82, 2.24) is 10.2 Å². The highest BCUT2D eigenvalue weighted by Gasteiger charge is 2.27. The lowest BCUT2D eigenvalue weighted by atomic mass is 10.0. The van der Waals surface area contributed by atoms with Crippen LogP contribution in [0.1, 0.15) is 26.2 Å². The molecule has 0 amide bonds. The summed E-state index contributed by atoms with van der Waals surface area (Å²) >= 11 is 0. The first-order valence-electron chi connectivity index (χ1n) is 5.83.